The number of halogens is 1. The summed E-state index contributed by atoms with van der Waals surface area (Å²) in [5.74, 6) is 0. The molecule has 0 N–H and O–H groups in total. The van der Waals surface area contributed by atoms with Gasteiger partial charge in [0.25, 0.3) is 0 Å². The first-order valence-electron chi connectivity index (χ1n) is 9.09. The van der Waals surface area contributed by atoms with E-state index in [1.54, 1.807) is 7.11 Å². The van der Waals surface area contributed by atoms with Crippen molar-refractivity contribution in [2.75, 3.05) is 13.7 Å². The molecule has 2 aromatic carbocycles. The lowest BCUT2D eigenvalue weighted by Gasteiger charge is -2.08. The molecule has 0 radical (unpaired) electrons. The van der Waals surface area contributed by atoms with Crippen LogP contribution in [0.3, 0.4) is 0 Å². The number of nitrogens with zero attached hydrogens (tertiary/aromatic N) is 3. The third kappa shape index (κ3) is 3.92. The van der Waals surface area contributed by atoms with Gasteiger partial charge in [-0.2, -0.15) is 5.10 Å². The molecule has 0 aliphatic rings. The summed E-state index contributed by atoms with van der Waals surface area (Å²) in [5.41, 5.74) is 4.44. The van der Waals surface area contributed by atoms with Gasteiger partial charge in [-0.15, -0.1) is 0 Å². The number of aromatic nitrogens is 3. The second-order valence-corrected chi connectivity index (χ2v) is 7.03. The van der Waals surface area contributed by atoms with Crippen LogP contribution in [0.5, 0.6) is 0 Å². The molecule has 2 heterocycles. The maximum Gasteiger partial charge on any atom is 0.0923 e. The van der Waals surface area contributed by atoms with Crippen LogP contribution in [-0.4, -0.2) is 28.1 Å². The average molecular weight is 380 g/mol. The van der Waals surface area contributed by atoms with E-state index >= 15 is 0 Å². The molecule has 27 heavy (non-hydrogen) atoms. The van der Waals surface area contributed by atoms with E-state index in [2.05, 4.69) is 52.3 Å². The zero-order valence-electron chi connectivity index (χ0n) is 15.3. The van der Waals surface area contributed by atoms with Gasteiger partial charge in [-0.25, -0.2) is 0 Å². The maximum absolute atomic E-state index is 6.31. The first-order valence-corrected chi connectivity index (χ1v) is 9.47. The maximum atomic E-state index is 6.31. The number of methoxy groups -OCH3 is 1. The highest BCUT2D eigenvalue weighted by molar-refractivity contribution is 6.31. The molecule has 0 aliphatic heterocycles. The Balaban J connectivity index is 1.56. The van der Waals surface area contributed by atoms with Crippen molar-refractivity contribution in [2.24, 2.45) is 0 Å². The number of hydrogen-bond donors (Lipinski definition) is 0. The monoisotopic (exact) mass is 379 g/mol. The number of hydrogen-bond acceptors (Lipinski definition) is 2. The van der Waals surface area contributed by atoms with Crippen LogP contribution in [-0.2, 0) is 17.8 Å². The Morgan fingerprint density at radius 2 is 1.93 bits per heavy atom. The molecule has 4 rings (SSSR count). The lowest BCUT2D eigenvalue weighted by Crippen LogP contribution is -2.01. The summed E-state index contributed by atoms with van der Waals surface area (Å²) in [5, 5.41) is 6.69. The van der Waals surface area contributed by atoms with Crippen LogP contribution in [0.1, 0.15) is 12.0 Å². The highest BCUT2D eigenvalue weighted by Crippen LogP contribution is 2.26. The molecule has 0 fully saturated rings. The Morgan fingerprint density at radius 1 is 1.04 bits per heavy atom. The van der Waals surface area contributed by atoms with Crippen molar-refractivity contribution in [3.8, 4) is 11.3 Å². The Morgan fingerprint density at radius 3 is 2.78 bits per heavy atom. The summed E-state index contributed by atoms with van der Waals surface area (Å²) in [7, 11) is 1.72. The molecule has 2 aromatic heterocycles. The van der Waals surface area contributed by atoms with E-state index in [4.69, 9.17) is 16.3 Å². The van der Waals surface area contributed by atoms with Crippen molar-refractivity contribution < 1.29 is 4.74 Å². The lowest BCUT2D eigenvalue weighted by molar-refractivity contribution is 0.189. The highest BCUT2D eigenvalue weighted by Gasteiger charge is 2.08. The Kier molecular flexibility index (Phi) is 5.28. The van der Waals surface area contributed by atoms with Gasteiger partial charge in [0.2, 0.25) is 0 Å². The smallest absolute Gasteiger partial charge is 0.0923 e. The van der Waals surface area contributed by atoms with E-state index in [-0.39, 0.29) is 0 Å². The standard InChI is InChI=1S/C22H22ClN3O/c1-27-14-4-11-26-13-10-21(24-26)17-7-8-22-18(15-17)9-12-25(22)16-19-5-2-3-6-20(19)23/h2-3,5-10,12-13,15H,4,11,14,16H2,1H3. The molecule has 5 heteroatoms. The van der Waals surface area contributed by atoms with Crippen molar-refractivity contribution in [1.82, 2.24) is 14.3 Å². The SMILES string of the molecule is COCCCn1ccc(-c2ccc3c(ccn3Cc3ccccc3Cl)c2)n1. The summed E-state index contributed by atoms with van der Waals surface area (Å²) in [4.78, 5) is 0. The zero-order valence-corrected chi connectivity index (χ0v) is 16.1. The molecule has 0 atom stereocenters. The number of ether oxygens (including phenoxy) is 1. The topological polar surface area (TPSA) is 32.0 Å². The predicted molar refractivity (Wildman–Crippen MR) is 110 cm³/mol. The molecule has 0 unspecified atom stereocenters. The van der Waals surface area contributed by atoms with Gasteiger partial charge in [0.1, 0.15) is 0 Å². The number of rotatable bonds is 7. The molecule has 4 aromatic rings. The van der Waals surface area contributed by atoms with Crippen molar-refractivity contribution in [2.45, 2.75) is 19.5 Å². The van der Waals surface area contributed by atoms with E-state index in [0.717, 1.165) is 48.0 Å². The Hall–Kier alpha value is -2.56. The van der Waals surface area contributed by atoms with Crippen LogP contribution >= 0.6 is 11.6 Å². The van der Waals surface area contributed by atoms with E-state index in [1.165, 1.54) is 10.9 Å². The third-order valence-electron chi connectivity index (χ3n) is 4.74. The van der Waals surface area contributed by atoms with Crippen molar-refractivity contribution in [1.29, 1.82) is 0 Å². The van der Waals surface area contributed by atoms with Crippen molar-refractivity contribution >= 4 is 22.5 Å². The van der Waals surface area contributed by atoms with E-state index < -0.39 is 0 Å². The highest BCUT2D eigenvalue weighted by atomic mass is 35.5. The first-order chi connectivity index (χ1) is 13.2. The average Bonchev–Trinajstić information content (AvgIpc) is 3.31. The fourth-order valence-electron chi connectivity index (χ4n) is 3.32. The summed E-state index contributed by atoms with van der Waals surface area (Å²) in [6, 6.07) is 18.7. The van der Waals surface area contributed by atoms with Gasteiger partial charge in [0.15, 0.2) is 0 Å². The summed E-state index contributed by atoms with van der Waals surface area (Å²) >= 11 is 6.31. The molecule has 4 nitrogen and oxygen atoms in total. The number of benzene rings is 2. The van der Waals surface area contributed by atoms with Gasteiger partial charge in [0.05, 0.1) is 5.69 Å². The molecule has 0 aliphatic carbocycles. The molecule has 138 valence electrons. The largest absolute Gasteiger partial charge is 0.385 e. The van der Waals surface area contributed by atoms with Crippen LogP contribution in [0.15, 0.2) is 67.0 Å². The summed E-state index contributed by atoms with van der Waals surface area (Å²) in [6.07, 6.45) is 5.10. The predicted octanol–water partition coefficient (Wildman–Crippen LogP) is 5.24. The van der Waals surface area contributed by atoms with Crippen molar-refractivity contribution in [3.05, 3.63) is 77.6 Å². The number of fused-ring (bicyclic) bond motifs is 1. The minimum atomic E-state index is 0.750. The van der Waals surface area contributed by atoms with Crippen LogP contribution < -0.4 is 0 Å². The molecular formula is C22H22ClN3O. The minimum absolute atomic E-state index is 0.750. The normalized spacial score (nSPS) is 11.3. The van der Waals surface area contributed by atoms with E-state index in [0.29, 0.717) is 0 Å². The zero-order chi connectivity index (χ0) is 18.6. The van der Waals surface area contributed by atoms with E-state index in [1.807, 2.05) is 29.1 Å². The van der Waals surface area contributed by atoms with Crippen LogP contribution in [0.2, 0.25) is 5.02 Å². The molecule has 0 amide bonds. The van der Waals surface area contributed by atoms with Gasteiger partial charge in [0, 0.05) is 60.7 Å². The van der Waals surface area contributed by atoms with Crippen molar-refractivity contribution in [3.63, 3.8) is 0 Å². The van der Waals surface area contributed by atoms with Crippen LogP contribution in [0, 0.1) is 0 Å². The first kappa shape index (κ1) is 17.8. The van der Waals surface area contributed by atoms with Crippen LogP contribution in [0.4, 0.5) is 0 Å². The van der Waals surface area contributed by atoms with E-state index in [9.17, 15) is 0 Å². The Bertz CT molecular complexity index is 1050. The molecule has 0 saturated carbocycles. The molecule has 0 saturated heterocycles. The van der Waals surface area contributed by atoms with Gasteiger partial charge >= 0.3 is 0 Å². The second-order valence-electron chi connectivity index (χ2n) is 6.62. The van der Waals surface area contributed by atoms with Gasteiger partial charge in [-0.3, -0.25) is 4.68 Å². The molecule has 0 bridgehead atoms. The summed E-state index contributed by atoms with van der Waals surface area (Å²) < 4.78 is 9.30. The fourth-order valence-corrected chi connectivity index (χ4v) is 3.51. The third-order valence-corrected chi connectivity index (χ3v) is 5.11. The minimum Gasteiger partial charge on any atom is -0.385 e. The lowest BCUT2D eigenvalue weighted by atomic mass is 10.1. The summed E-state index contributed by atoms with van der Waals surface area (Å²) in [6.45, 7) is 2.38. The second kappa shape index (κ2) is 7.99. The Labute approximate surface area is 163 Å². The van der Waals surface area contributed by atoms with Gasteiger partial charge < -0.3 is 9.30 Å². The fraction of sp³-hybridized carbons (Fsp3) is 0.227. The van der Waals surface area contributed by atoms with Gasteiger partial charge in [-0.1, -0.05) is 35.9 Å². The quantitative estimate of drug-likeness (QED) is 0.411. The van der Waals surface area contributed by atoms with Gasteiger partial charge in [-0.05, 0) is 42.3 Å². The number of aryl methyl sites for hydroxylation is 1. The van der Waals surface area contributed by atoms with Crippen LogP contribution in [0.25, 0.3) is 22.2 Å². The molecular weight excluding hydrogens is 358 g/mol. The molecule has 0 spiro atoms.